The molecule has 1 aliphatic rings. The Bertz CT molecular complexity index is 410. The number of rotatable bonds is 6. The number of hydrogen-bond donors (Lipinski definition) is 1. The third kappa shape index (κ3) is 4.32. The Morgan fingerprint density at radius 3 is 2.70 bits per heavy atom. The first-order valence-corrected chi connectivity index (χ1v) is 8.08. The van der Waals surface area contributed by atoms with Crippen LogP contribution in [0.15, 0.2) is 18.2 Å². The zero-order valence-corrected chi connectivity index (χ0v) is 13.2. The second-order valence-electron chi connectivity index (χ2n) is 6.14. The molecule has 112 valence electrons. The Kier molecular flexibility index (Phi) is 6.06. The van der Waals surface area contributed by atoms with Crippen molar-refractivity contribution in [1.82, 2.24) is 5.32 Å². The van der Waals surface area contributed by atoms with E-state index in [-0.39, 0.29) is 0 Å². The maximum atomic E-state index is 5.52. The molecule has 1 aromatic carbocycles. The molecule has 20 heavy (non-hydrogen) atoms. The predicted molar refractivity (Wildman–Crippen MR) is 85.2 cm³/mol. The van der Waals surface area contributed by atoms with E-state index < -0.39 is 0 Å². The first kappa shape index (κ1) is 15.5. The van der Waals surface area contributed by atoms with Crippen molar-refractivity contribution in [2.24, 2.45) is 5.92 Å². The fraction of sp³-hybridized carbons (Fsp3) is 0.667. The summed E-state index contributed by atoms with van der Waals surface area (Å²) in [5.41, 5.74) is 4.29. The highest BCUT2D eigenvalue weighted by Crippen LogP contribution is 2.23. The molecule has 1 heterocycles. The molecule has 1 fully saturated rings. The summed E-state index contributed by atoms with van der Waals surface area (Å²) in [4.78, 5) is 0. The Morgan fingerprint density at radius 1 is 1.25 bits per heavy atom. The van der Waals surface area contributed by atoms with E-state index in [1.165, 1.54) is 36.0 Å². The average molecular weight is 275 g/mol. The molecular formula is C18H29NO. The van der Waals surface area contributed by atoms with Gasteiger partial charge >= 0.3 is 0 Å². The van der Waals surface area contributed by atoms with Gasteiger partial charge in [-0.15, -0.1) is 0 Å². The van der Waals surface area contributed by atoms with Gasteiger partial charge in [-0.2, -0.15) is 0 Å². The summed E-state index contributed by atoms with van der Waals surface area (Å²) in [6, 6.07) is 7.42. The average Bonchev–Trinajstić information content (AvgIpc) is 2.48. The van der Waals surface area contributed by atoms with Crippen LogP contribution in [0.5, 0.6) is 0 Å². The van der Waals surface area contributed by atoms with Gasteiger partial charge < -0.3 is 10.1 Å². The first-order chi connectivity index (χ1) is 9.70. The highest BCUT2D eigenvalue weighted by atomic mass is 16.5. The topological polar surface area (TPSA) is 21.3 Å². The van der Waals surface area contributed by atoms with E-state index in [4.69, 9.17) is 4.74 Å². The van der Waals surface area contributed by atoms with Crippen molar-refractivity contribution >= 4 is 0 Å². The molecule has 0 bridgehead atoms. The SMILES string of the molecule is CCCNC(Cc1cc(C)ccc1C)C1CCOCC1. The van der Waals surface area contributed by atoms with Crippen LogP contribution in [-0.2, 0) is 11.2 Å². The molecule has 1 unspecified atom stereocenters. The van der Waals surface area contributed by atoms with Crippen molar-refractivity contribution < 1.29 is 4.74 Å². The van der Waals surface area contributed by atoms with Crippen molar-refractivity contribution in [2.45, 2.75) is 52.5 Å². The van der Waals surface area contributed by atoms with E-state index in [2.05, 4.69) is 44.3 Å². The molecule has 1 atom stereocenters. The van der Waals surface area contributed by atoms with Gasteiger partial charge in [-0.3, -0.25) is 0 Å². The van der Waals surface area contributed by atoms with Crippen molar-refractivity contribution in [2.75, 3.05) is 19.8 Å². The van der Waals surface area contributed by atoms with Crippen LogP contribution in [0.2, 0.25) is 0 Å². The Morgan fingerprint density at radius 2 is 2.00 bits per heavy atom. The zero-order valence-electron chi connectivity index (χ0n) is 13.2. The normalized spacial score (nSPS) is 18.1. The molecule has 0 spiro atoms. The number of nitrogens with one attached hydrogen (secondary N) is 1. The Labute approximate surface area is 123 Å². The lowest BCUT2D eigenvalue weighted by Gasteiger charge is -2.31. The minimum absolute atomic E-state index is 0.597. The standard InChI is InChI=1S/C18H29NO/c1-4-9-19-18(16-7-10-20-11-8-16)13-17-12-14(2)5-6-15(17)3/h5-6,12,16,18-19H,4,7-11,13H2,1-3H3. The molecule has 0 radical (unpaired) electrons. The monoisotopic (exact) mass is 275 g/mol. The predicted octanol–water partition coefficient (Wildman–Crippen LogP) is 3.64. The number of aryl methyl sites for hydroxylation is 2. The Hall–Kier alpha value is -0.860. The van der Waals surface area contributed by atoms with Crippen LogP contribution in [0.1, 0.15) is 42.9 Å². The molecule has 0 aliphatic carbocycles. The molecule has 2 heteroatoms. The summed E-state index contributed by atoms with van der Waals surface area (Å²) in [7, 11) is 0. The van der Waals surface area contributed by atoms with Crippen molar-refractivity contribution in [3.63, 3.8) is 0 Å². The van der Waals surface area contributed by atoms with Crippen molar-refractivity contribution in [3.8, 4) is 0 Å². The minimum Gasteiger partial charge on any atom is -0.381 e. The van der Waals surface area contributed by atoms with E-state index in [1.807, 2.05) is 0 Å². The molecule has 0 aromatic heterocycles. The van der Waals surface area contributed by atoms with Gasteiger partial charge in [-0.25, -0.2) is 0 Å². The maximum Gasteiger partial charge on any atom is 0.0469 e. The lowest BCUT2D eigenvalue weighted by molar-refractivity contribution is 0.0537. The molecule has 0 saturated carbocycles. The summed E-state index contributed by atoms with van der Waals surface area (Å²) in [6.45, 7) is 9.64. The lowest BCUT2D eigenvalue weighted by atomic mass is 9.86. The molecule has 1 saturated heterocycles. The fourth-order valence-corrected chi connectivity index (χ4v) is 3.11. The molecule has 2 nitrogen and oxygen atoms in total. The maximum absolute atomic E-state index is 5.52. The van der Waals surface area contributed by atoms with Crippen LogP contribution >= 0.6 is 0 Å². The van der Waals surface area contributed by atoms with Gasteiger partial charge in [0.05, 0.1) is 0 Å². The van der Waals surface area contributed by atoms with Gasteiger partial charge in [-0.1, -0.05) is 30.7 Å². The summed E-state index contributed by atoms with van der Waals surface area (Å²) >= 11 is 0. The second kappa shape index (κ2) is 7.80. The smallest absolute Gasteiger partial charge is 0.0469 e. The van der Waals surface area contributed by atoms with Gasteiger partial charge in [0.25, 0.3) is 0 Å². The first-order valence-electron chi connectivity index (χ1n) is 8.08. The molecule has 2 rings (SSSR count). The summed E-state index contributed by atoms with van der Waals surface area (Å²) in [6.07, 6.45) is 4.75. The molecule has 1 aliphatic heterocycles. The summed E-state index contributed by atoms with van der Waals surface area (Å²) in [5.74, 6) is 0.759. The fourth-order valence-electron chi connectivity index (χ4n) is 3.11. The lowest BCUT2D eigenvalue weighted by Crippen LogP contribution is -2.41. The van der Waals surface area contributed by atoms with Crippen molar-refractivity contribution in [1.29, 1.82) is 0 Å². The summed E-state index contributed by atoms with van der Waals surface area (Å²) < 4.78 is 5.52. The van der Waals surface area contributed by atoms with Crippen LogP contribution < -0.4 is 5.32 Å². The van der Waals surface area contributed by atoms with Gasteiger partial charge in [0, 0.05) is 19.3 Å². The highest BCUT2D eigenvalue weighted by Gasteiger charge is 2.24. The second-order valence-corrected chi connectivity index (χ2v) is 6.14. The highest BCUT2D eigenvalue weighted by molar-refractivity contribution is 5.31. The van der Waals surface area contributed by atoms with Crippen LogP contribution in [0.4, 0.5) is 0 Å². The quantitative estimate of drug-likeness (QED) is 0.856. The van der Waals surface area contributed by atoms with Crippen LogP contribution in [0, 0.1) is 19.8 Å². The number of ether oxygens (including phenoxy) is 1. The van der Waals surface area contributed by atoms with Gasteiger partial charge in [0.2, 0.25) is 0 Å². The van der Waals surface area contributed by atoms with Gasteiger partial charge in [0.1, 0.15) is 0 Å². The van der Waals surface area contributed by atoms with E-state index in [0.717, 1.165) is 32.1 Å². The van der Waals surface area contributed by atoms with E-state index in [1.54, 1.807) is 0 Å². The number of hydrogen-bond acceptors (Lipinski definition) is 2. The van der Waals surface area contributed by atoms with E-state index in [0.29, 0.717) is 6.04 Å². The van der Waals surface area contributed by atoms with Gasteiger partial charge in [0.15, 0.2) is 0 Å². The van der Waals surface area contributed by atoms with Crippen LogP contribution in [0.25, 0.3) is 0 Å². The van der Waals surface area contributed by atoms with E-state index in [9.17, 15) is 0 Å². The zero-order chi connectivity index (χ0) is 14.4. The van der Waals surface area contributed by atoms with E-state index >= 15 is 0 Å². The van der Waals surface area contributed by atoms with Crippen molar-refractivity contribution in [3.05, 3.63) is 34.9 Å². The largest absolute Gasteiger partial charge is 0.381 e. The third-order valence-electron chi connectivity index (χ3n) is 4.44. The van der Waals surface area contributed by atoms with Crippen LogP contribution in [0.3, 0.4) is 0 Å². The third-order valence-corrected chi connectivity index (χ3v) is 4.44. The Balaban J connectivity index is 2.07. The summed E-state index contributed by atoms with van der Waals surface area (Å²) in [5, 5.41) is 3.78. The molecule has 0 amide bonds. The van der Waals surface area contributed by atoms with Gasteiger partial charge in [-0.05, 0) is 63.1 Å². The number of benzene rings is 1. The minimum atomic E-state index is 0.597. The van der Waals surface area contributed by atoms with Crippen LogP contribution in [-0.4, -0.2) is 25.8 Å². The molecular weight excluding hydrogens is 246 g/mol. The molecule has 1 aromatic rings. The molecule has 1 N–H and O–H groups in total.